The van der Waals surface area contributed by atoms with Crippen molar-refractivity contribution in [2.24, 2.45) is 0 Å². The maximum atomic E-state index is 13.2. The van der Waals surface area contributed by atoms with Crippen molar-refractivity contribution in [2.75, 3.05) is 5.75 Å². The summed E-state index contributed by atoms with van der Waals surface area (Å²) in [6, 6.07) is 6.36. The first-order valence-corrected chi connectivity index (χ1v) is 9.80. The van der Waals surface area contributed by atoms with Gasteiger partial charge >= 0.3 is 0 Å². The number of thioether (sulfide) groups is 1. The Bertz CT molecular complexity index is 954. The molecule has 0 saturated carbocycles. The van der Waals surface area contributed by atoms with E-state index in [1.165, 1.54) is 12.1 Å². The molecule has 1 aliphatic carbocycles. The zero-order valence-electron chi connectivity index (χ0n) is 14.5. The molecule has 2 aromatic heterocycles. The van der Waals surface area contributed by atoms with Gasteiger partial charge in [0.2, 0.25) is 5.16 Å². The quantitative estimate of drug-likeness (QED) is 0.500. The standard InChI is InChI=1S/C19H19FN4OS/c1-2-3-8-26-19-22-18-21-16-9-13(12-4-6-14(20)7-5-12)10-17(25)15(16)11-24(18)23-19/h4-7,11,13H,2-3,8-10H2,1H3/t13-/m1/s1. The minimum Gasteiger partial charge on any atom is -0.294 e. The van der Waals surface area contributed by atoms with E-state index in [0.29, 0.717) is 29.3 Å². The summed E-state index contributed by atoms with van der Waals surface area (Å²) < 4.78 is 14.8. The van der Waals surface area contributed by atoms with E-state index in [9.17, 15) is 9.18 Å². The number of hydrogen-bond donors (Lipinski definition) is 0. The number of aromatic nitrogens is 4. The SMILES string of the molecule is CCCCSc1nc2nc3c(cn2n1)C(=O)C[C@H](c1ccc(F)cc1)C3. The largest absolute Gasteiger partial charge is 0.294 e. The minimum atomic E-state index is -0.271. The summed E-state index contributed by atoms with van der Waals surface area (Å²) in [6.07, 6.45) is 5.04. The number of halogens is 1. The van der Waals surface area contributed by atoms with Gasteiger partial charge in [0.1, 0.15) is 5.82 Å². The fourth-order valence-electron chi connectivity index (χ4n) is 3.20. The molecule has 134 valence electrons. The number of rotatable bonds is 5. The van der Waals surface area contributed by atoms with Crippen molar-refractivity contribution in [1.82, 2.24) is 19.6 Å². The minimum absolute atomic E-state index is 0.0203. The van der Waals surface area contributed by atoms with Gasteiger partial charge in [-0.25, -0.2) is 13.9 Å². The van der Waals surface area contributed by atoms with Crippen LogP contribution in [0.5, 0.6) is 0 Å². The Balaban J connectivity index is 1.63. The number of fused-ring (bicyclic) bond motifs is 2. The van der Waals surface area contributed by atoms with Gasteiger partial charge in [0.15, 0.2) is 5.78 Å². The number of hydrogen-bond acceptors (Lipinski definition) is 5. The molecule has 1 aliphatic rings. The first-order chi connectivity index (χ1) is 12.6. The highest BCUT2D eigenvalue weighted by molar-refractivity contribution is 7.99. The highest BCUT2D eigenvalue weighted by Crippen LogP contribution is 2.32. The van der Waals surface area contributed by atoms with Crippen molar-refractivity contribution in [2.45, 2.75) is 43.7 Å². The molecule has 0 fully saturated rings. The van der Waals surface area contributed by atoms with E-state index in [0.717, 1.165) is 29.9 Å². The second-order valence-electron chi connectivity index (χ2n) is 6.52. The zero-order valence-corrected chi connectivity index (χ0v) is 15.3. The smallest absolute Gasteiger partial charge is 0.253 e. The lowest BCUT2D eigenvalue weighted by atomic mass is 9.82. The third kappa shape index (κ3) is 3.35. The average Bonchev–Trinajstić information content (AvgIpc) is 3.02. The molecule has 0 unspecified atom stereocenters. The number of nitrogens with zero attached hydrogens (tertiary/aromatic N) is 4. The maximum Gasteiger partial charge on any atom is 0.253 e. The Morgan fingerprint density at radius 2 is 2.04 bits per heavy atom. The number of carbonyl (C=O) groups is 1. The zero-order chi connectivity index (χ0) is 18.1. The van der Waals surface area contributed by atoms with Crippen LogP contribution in [0.3, 0.4) is 0 Å². The fraction of sp³-hybridized carbons (Fsp3) is 0.368. The number of ketones is 1. The summed E-state index contributed by atoms with van der Waals surface area (Å²) in [5, 5.41) is 5.12. The van der Waals surface area contributed by atoms with E-state index in [2.05, 4.69) is 22.0 Å². The van der Waals surface area contributed by atoms with Crippen LogP contribution in [0, 0.1) is 5.82 Å². The molecule has 0 radical (unpaired) electrons. The van der Waals surface area contributed by atoms with Crippen molar-refractivity contribution in [3.63, 3.8) is 0 Å². The number of Topliss-reactive ketones (excluding diaryl/α,β-unsaturated/α-hetero) is 1. The predicted octanol–water partition coefficient (Wildman–Crippen LogP) is 4.07. The van der Waals surface area contributed by atoms with Crippen LogP contribution in [-0.4, -0.2) is 31.1 Å². The molecule has 5 nitrogen and oxygen atoms in total. The predicted molar refractivity (Wildman–Crippen MR) is 98.2 cm³/mol. The van der Waals surface area contributed by atoms with Crippen molar-refractivity contribution in [1.29, 1.82) is 0 Å². The monoisotopic (exact) mass is 370 g/mol. The van der Waals surface area contributed by atoms with Crippen LogP contribution in [0.4, 0.5) is 4.39 Å². The number of unbranched alkanes of at least 4 members (excludes halogenated alkanes) is 1. The first kappa shape index (κ1) is 17.1. The Morgan fingerprint density at radius 3 is 2.81 bits per heavy atom. The fourth-order valence-corrected chi connectivity index (χ4v) is 4.11. The molecule has 26 heavy (non-hydrogen) atoms. The summed E-state index contributed by atoms with van der Waals surface area (Å²) in [6.45, 7) is 2.15. The van der Waals surface area contributed by atoms with Gasteiger partial charge in [-0.15, -0.1) is 5.10 Å². The van der Waals surface area contributed by atoms with Crippen LogP contribution >= 0.6 is 11.8 Å². The highest BCUT2D eigenvalue weighted by Gasteiger charge is 2.28. The number of carbonyl (C=O) groups excluding carboxylic acids is 1. The molecule has 0 amide bonds. The lowest BCUT2D eigenvalue weighted by molar-refractivity contribution is 0.0962. The molecule has 3 aromatic rings. The molecular weight excluding hydrogens is 351 g/mol. The van der Waals surface area contributed by atoms with Crippen LogP contribution in [0.1, 0.15) is 53.7 Å². The van der Waals surface area contributed by atoms with Gasteiger partial charge in [0.05, 0.1) is 11.3 Å². The van der Waals surface area contributed by atoms with Crippen molar-refractivity contribution >= 4 is 23.3 Å². The first-order valence-electron chi connectivity index (χ1n) is 8.82. The van der Waals surface area contributed by atoms with Gasteiger partial charge in [-0.2, -0.15) is 4.98 Å². The van der Waals surface area contributed by atoms with Gasteiger partial charge in [-0.1, -0.05) is 37.2 Å². The lowest BCUT2D eigenvalue weighted by Crippen LogP contribution is -2.21. The van der Waals surface area contributed by atoms with Gasteiger partial charge in [0.25, 0.3) is 5.78 Å². The second-order valence-corrected chi connectivity index (χ2v) is 7.58. The average molecular weight is 370 g/mol. The number of benzene rings is 1. The van der Waals surface area contributed by atoms with E-state index < -0.39 is 0 Å². The van der Waals surface area contributed by atoms with E-state index in [4.69, 9.17) is 0 Å². The highest BCUT2D eigenvalue weighted by atomic mass is 32.2. The summed E-state index contributed by atoms with van der Waals surface area (Å²) >= 11 is 1.61. The van der Waals surface area contributed by atoms with Gasteiger partial charge in [-0.05, 0) is 36.5 Å². The normalized spacial score (nSPS) is 16.8. The molecule has 4 rings (SSSR count). The van der Waals surface area contributed by atoms with E-state index in [1.807, 2.05) is 0 Å². The summed E-state index contributed by atoms with van der Waals surface area (Å²) in [7, 11) is 0. The molecule has 1 atom stereocenters. The molecule has 7 heteroatoms. The Morgan fingerprint density at radius 1 is 1.23 bits per heavy atom. The van der Waals surface area contributed by atoms with E-state index >= 15 is 0 Å². The van der Waals surface area contributed by atoms with Crippen LogP contribution in [0.15, 0.2) is 35.6 Å². The van der Waals surface area contributed by atoms with Crippen molar-refractivity contribution in [3.8, 4) is 0 Å². The maximum absolute atomic E-state index is 13.2. The topological polar surface area (TPSA) is 60.1 Å². The van der Waals surface area contributed by atoms with Crippen LogP contribution in [0.25, 0.3) is 5.78 Å². The van der Waals surface area contributed by atoms with Crippen LogP contribution in [-0.2, 0) is 6.42 Å². The van der Waals surface area contributed by atoms with E-state index in [1.54, 1.807) is 34.6 Å². The Hall–Kier alpha value is -2.28. The van der Waals surface area contributed by atoms with Crippen LogP contribution in [0.2, 0.25) is 0 Å². The van der Waals surface area contributed by atoms with Crippen molar-refractivity contribution < 1.29 is 9.18 Å². The molecule has 0 spiro atoms. The molecule has 2 heterocycles. The molecule has 1 aromatic carbocycles. The Kier molecular flexibility index (Phi) is 4.72. The molecule has 0 saturated heterocycles. The molecular formula is C19H19FN4OS. The van der Waals surface area contributed by atoms with Crippen LogP contribution < -0.4 is 0 Å². The Labute approximate surface area is 155 Å². The molecule has 0 bridgehead atoms. The lowest BCUT2D eigenvalue weighted by Gasteiger charge is -2.23. The van der Waals surface area contributed by atoms with Gasteiger partial charge < -0.3 is 0 Å². The second kappa shape index (κ2) is 7.15. The summed E-state index contributed by atoms with van der Waals surface area (Å²) in [5.74, 6) is 1.29. The van der Waals surface area contributed by atoms with Crippen molar-refractivity contribution in [3.05, 3.63) is 53.1 Å². The molecule has 0 N–H and O–H groups in total. The van der Waals surface area contributed by atoms with Gasteiger partial charge in [-0.3, -0.25) is 4.79 Å². The third-order valence-corrected chi connectivity index (χ3v) is 5.56. The van der Waals surface area contributed by atoms with E-state index in [-0.39, 0.29) is 17.5 Å². The van der Waals surface area contributed by atoms with Gasteiger partial charge in [0, 0.05) is 18.4 Å². The molecule has 0 aliphatic heterocycles. The summed E-state index contributed by atoms with van der Waals surface area (Å²) in [5.41, 5.74) is 2.33. The summed E-state index contributed by atoms with van der Waals surface area (Å²) in [4.78, 5) is 21.7. The third-order valence-electron chi connectivity index (χ3n) is 4.63.